The first-order chi connectivity index (χ1) is 9.19. The molecule has 0 unspecified atom stereocenters. The summed E-state index contributed by atoms with van der Waals surface area (Å²) >= 11 is 0. The van der Waals surface area contributed by atoms with Gasteiger partial charge in [-0.2, -0.15) is 0 Å². The van der Waals surface area contributed by atoms with Crippen molar-refractivity contribution in [3.63, 3.8) is 0 Å². The highest BCUT2D eigenvalue weighted by Crippen LogP contribution is 2.28. The normalized spacial score (nSPS) is 10.2. The third-order valence-corrected chi connectivity index (χ3v) is 2.74. The SMILES string of the molecule is CCCCOc1ccc(C(N)=O)cc1OCCCC. The molecule has 0 atom stereocenters. The third-order valence-electron chi connectivity index (χ3n) is 2.74. The molecule has 1 aromatic rings. The van der Waals surface area contributed by atoms with Crippen LogP contribution in [0.3, 0.4) is 0 Å². The molecule has 0 fully saturated rings. The highest BCUT2D eigenvalue weighted by atomic mass is 16.5. The maximum absolute atomic E-state index is 11.2. The number of carbonyl (C=O) groups excluding carboxylic acids is 1. The summed E-state index contributed by atoms with van der Waals surface area (Å²) in [7, 11) is 0. The molecule has 0 saturated carbocycles. The Kier molecular flexibility index (Phi) is 6.79. The summed E-state index contributed by atoms with van der Waals surface area (Å²) < 4.78 is 11.3. The number of benzene rings is 1. The van der Waals surface area contributed by atoms with Gasteiger partial charge in [0.1, 0.15) is 0 Å². The van der Waals surface area contributed by atoms with Gasteiger partial charge in [0.05, 0.1) is 13.2 Å². The topological polar surface area (TPSA) is 61.5 Å². The molecule has 4 heteroatoms. The lowest BCUT2D eigenvalue weighted by Crippen LogP contribution is -2.11. The number of unbranched alkanes of at least 4 members (excludes halogenated alkanes) is 2. The van der Waals surface area contributed by atoms with E-state index < -0.39 is 5.91 Å². The lowest BCUT2D eigenvalue weighted by atomic mass is 10.2. The van der Waals surface area contributed by atoms with Crippen LogP contribution in [0.5, 0.6) is 11.5 Å². The van der Waals surface area contributed by atoms with Crippen LogP contribution in [-0.2, 0) is 0 Å². The van der Waals surface area contributed by atoms with Gasteiger partial charge in [0.2, 0.25) is 5.91 Å². The van der Waals surface area contributed by atoms with Gasteiger partial charge in [-0.25, -0.2) is 0 Å². The monoisotopic (exact) mass is 265 g/mol. The van der Waals surface area contributed by atoms with E-state index in [0.29, 0.717) is 30.3 Å². The molecule has 19 heavy (non-hydrogen) atoms. The molecule has 0 spiro atoms. The van der Waals surface area contributed by atoms with Crippen molar-refractivity contribution in [2.75, 3.05) is 13.2 Å². The number of carbonyl (C=O) groups is 1. The summed E-state index contributed by atoms with van der Waals surface area (Å²) in [6.07, 6.45) is 4.09. The van der Waals surface area contributed by atoms with Crippen LogP contribution in [0.1, 0.15) is 49.9 Å². The Hall–Kier alpha value is -1.71. The van der Waals surface area contributed by atoms with Gasteiger partial charge in [0.25, 0.3) is 0 Å². The highest BCUT2D eigenvalue weighted by molar-refractivity contribution is 5.93. The van der Waals surface area contributed by atoms with Crippen molar-refractivity contribution in [1.82, 2.24) is 0 Å². The van der Waals surface area contributed by atoms with Crippen LogP contribution in [-0.4, -0.2) is 19.1 Å². The average molecular weight is 265 g/mol. The molecule has 0 radical (unpaired) electrons. The van der Waals surface area contributed by atoms with E-state index in [0.717, 1.165) is 25.7 Å². The minimum atomic E-state index is -0.458. The number of amides is 1. The van der Waals surface area contributed by atoms with Gasteiger partial charge in [0.15, 0.2) is 11.5 Å². The smallest absolute Gasteiger partial charge is 0.248 e. The molecular formula is C15H23NO3. The fourth-order valence-corrected chi connectivity index (χ4v) is 1.55. The number of nitrogens with two attached hydrogens (primary N) is 1. The van der Waals surface area contributed by atoms with Crippen LogP contribution in [0, 0.1) is 0 Å². The van der Waals surface area contributed by atoms with E-state index in [-0.39, 0.29) is 0 Å². The molecule has 0 aliphatic carbocycles. The first-order valence-corrected chi connectivity index (χ1v) is 6.88. The Morgan fingerprint density at radius 1 is 1.05 bits per heavy atom. The molecule has 1 aromatic carbocycles. The van der Waals surface area contributed by atoms with Crippen molar-refractivity contribution in [2.45, 2.75) is 39.5 Å². The maximum atomic E-state index is 11.2. The van der Waals surface area contributed by atoms with Gasteiger partial charge in [-0.15, -0.1) is 0 Å². The minimum absolute atomic E-state index is 0.439. The lowest BCUT2D eigenvalue weighted by molar-refractivity contribution is 0.0999. The maximum Gasteiger partial charge on any atom is 0.248 e. The zero-order chi connectivity index (χ0) is 14.1. The minimum Gasteiger partial charge on any atom is -0.490 e. The van der Waals surface area contributed by atoms with Gasteiger partial charge in [-0.1, -0.05) is 26.7 Å². The van der Waals surface area contributed by atoms with Crippen LogP contribution in [0.4, 0.5) is 0 Å². The van der Waals surface area contributed by atoms with Crippen molar-refractivity contribution >= 4 is 5.91 Å². The van der Waals surface area contributed by atoms with Crippen LogP contribution in [0.2, 0.25) is 0 Å². The van der Waals surface area contributed by atoms with Gasteiger partial charge in [-0.3, -0.25) is 4.79 Å². The fraction of sp³-hybridized carbons (Fsp3) is 0.533. The Morgan fingerprint density at radius 2 is 1.63 bits per heavy atom. The van der Waals surface area contributed by atoms with Gasteiger partial charge in [-0.05, 0) is 31.0 Å². The Morgan fingerprint density at radius 3 is 2.16 bits per heavy atom. The second kappa shape index (κ2) is 8.40. The number of ether oxygens (including phenoxy) is 2. The molecule has 1 amide bonds. The van der Waals surface area contributed by atoms with E-state index in [1.54, 1.807) is 18.2 Å². The molecule has 2 N–H and O–H groups in total. The van der Waals surface area contributed by atoms with Crippen LogP contribution in [0.25, 0.3) is 0 Å². The molecule has 0 aromatic heterocycles. The Labute approximate surface area is 114 Å². The highest BCUT2D eigenvalue weighted by Gasteiger charge is 2.09. The summed E-state index contributed by atoms with van der Waals surface area (Å²) in [5.74, 6) is 0.816. The van der Waals surface area contributed by atoms with E-state index in [4.69, 9.17) is 15.2 Å². The number of hydrogen-bond donors (Lipinski definition) is 1. The Bertz CT molecular complexity index is 404. The predicted octanol–water partition coefficient (Wildman–Crippen LogP) is 3.14. The second-order valence-electron chi connectivity index (χ2n) is 4.43. The number of rotatable bonds is 9. The first-order valence-electron chi connectivity index (χ1n) is 6.88. The van der Waals surface area contributed by atoms with Crippen LogP contribution in [0.15, 0.2) is 18.2 Å². The molecule has 0 aliphatic heterocycles. The summed E-state index contributed by atoms with van der Waals surface area (Å²) in [5.41, 5.74) is 5.71. The first kappa shape index (κ1) is 15.3. The van der Waals surface area contributed by atoms with Crippen molar-refractivity contribution in [3.8, 4) is 11.5 Å². The quantitative estimate of drug-likeness (QED) is 0.698. The van der Waals surface area contributed by atoms with E-state index in [2.05, 4.69) is 13.8 Å². The molecule has 0 bridgehead atoms. The van der Waals surface area contributed by atoms with Gasteiger partial charge < -0.3 is 15.2 Å². The van der Waals surface area contributed by atoms with Gasteiger partial charge in [0, 0.05) is 5.56 Å². The molecule has 0 aliphatic rings. The van der Waals surface area contributed by atoms with E-state index in [9.17, 15) is 4.79 Å². The van der Waals surface area contributed by atoms with Gasteiger partial charge >= 0.3 is 0 Å². The standard InChI is InChI=1S/C15H23NO3/c1-3-5-9-18-13-8-7-12(15(16)17)11-14(13)19-10-6-4-2/h7-8,11H,3-6,9-10H2,1-2H3,(H2,16,17). The van der Waals surface area contributed by atoms with E-state index in [1.165, 1.54) is 0 Å². The molecule has 106 valence electrons. The van der Waals surface area contributed by atoms with Crippen molar-refractivity contribution in [3.05, 3.63) is 23.8 Å². The van der Waals surface area contributed by atoms with E-state index in [1.807, 2.05) is 0 Å². The predicted molar refractivity (Wildman–Crippen MR) is 75.8 cm³/mol. The number of primary amides is 1. The third kappa shape index (κ3) is 5.20. The zero-order valence-electron chi connectivity index (χ0n) is 11.8. The molecule has 1 rings (SSSR count). The molecule has 4 nitrogen and oxygen atoms in total. The number of hydrogen-bond acceptors (Lipinski definition) is 3. The summed E-state index contributed by atoms with van der Waals surface area (Å²) in [5, 5.41) is 0. The Balaban J connectivity index is 2.78. The van der Waals surface area contributed by atoms with Crippen molar-refractivity contribution in [1.29, 1.82) is 0 Å². The second-order valence-corrected chi connectivity index (χ2v) is 4.43. The van der Waals surface area contributed by atoms with Crippen LogP contribution < -0.4 is 15.2 Å². The summed E-state index contributed by atoms with van der Waals surface area (Å²) in [4.78, 5) is 11.2. The zero-order valence-corrected chi connectivity index (χ0v) is 11.8. The molecular weight excluding hydrogens is 242 g/mol. The van der Waals surface area contributed by atoms with Crippen molar-refractivity contribution < 1.29 is 14.3 Å². The van der Waals surface area contributed by atoms with Crippen LogP contribution >= 0.6 is 0 Å². The largest absolute Gasteiger partial charge is 0.490 e. The fourth-order valence-electron chi connectivity index (χ4n) is 1.55. The molecule has 0 heterocycles. The average Bonchev–Trinajstić information content (AvgIpc) is 2.40. The lowest BCUT2D eigenvalue weighted by Gasteiger charge is -2.13. The molecule has 0 saturated heterocycles. The van der Waals surface area contributed by atoms with E-state index >= 15 is 0 Å². The summed E-state index contributed by atoms with van der Waals surface area (Å²) in [6.45, 7) is 5.47. The summed E-state index contributed by atoms with van der Waals surface area (Å²) in [6, 6.07) is 5.06. The van der Waals surface area contributed by atoms with Crippen molar-refractivity contribution in [2.24, 2.45) is 5.73 Å².